The second-order valence-corrected chi connectivity index (χ2v) is 6.78. The number of hydrogen-bond donors (Lipinski definition) is 0. The molecule has 1 unspecified atom stereocenters. The van der Waals surface area contributed by atoms with Crippen molar-refractivity contribution in [2.75, 3.05) is 7.11 Å². The van der Waals surface area contributed by atoms with Gasteiger partial charge in [-0.2, -0.15) is 0 Å². The van der Waals surface area contributed by atoms with Crippen molar-refractivity contribution in [2.45, 2.75) is 39.0 Å². The summed E-state index contributed by atoms with van der Waals surface area (Å²) in [6, 6.07) is 7.54. The number of benzene rings is 1. The lowest BCUT2D eigenvalue weighted by Gasteiger charge is -2.36. The van der Waals surface area contributed by atoms with Crippen molar-refractivity contribution in [3.05, 3.63) is 41.2 Å². The van der Waals surface area contributed by atoms with Crippen molar-refractivity contribution in [2.24, 2.45) is 5.41 Å². The molecule has 22 heavy (non-hydrogen) atoms. The smallest absolute Gasteiger partial charge is 0.311 e. The first kappa shape index (κ1) is 14.8. The Morgan fingerprint density at radius 2 is 1.82 bits per heavy atom. The Morgan fingerprint density at radius 3 is 2.45 bits per heavy atom. The molecule has 0 radical (unpaired) electrons. The number of carbonyl (C=O) groups excluding carboxylic acids is 2. The monoisotopic (exact) mass is 300 g/mol. The molecule has 0 saturated carbocycles. The Labute approximate surface area is 130 Å². The highest BCUT2D eigenvalue weighted by molar-refractivity contribution is 6.00. The normalized spacial score (nSPS) is 23.9. The van der Waals surface area contributed by atoms with Gasteiger partial charge in [-0.15, -0.1) is 0 Å². The molecule has 0 saturated heterocycles. The van der Waals surface area contributed by atoms with E-state index in [2.05, 4.69) is 0 Å². The summed E-state index contributed by atoms with van der Waals surface area (Å²) in [6.07, 6.45) is 1.35. The van der Waals surface area contributed by atoms with Gasteiger partial charge in [0.2, 0.25) is 0 Å². The third-order valence-electron chi connectivity index (χ3n) is 4.35. The Kier molecular flexibility index (Phi) is 3.55. The summed E-state index contributed by atoms with van der Waals surface area (Å²) in [5.41, 5.74) is 1.49. The molecule has 0 bridgehead atoms. The van der Waals surface area contributed by atoms with Crippen molar-refractivity contribution in [1.82, 2.24) is 0 Å². The van der Waals surface area contributed by atoms with Gasteiger partial charge in [-0.3, -0.25) is 9.59 Å². The van der Waals surface area contributed by atoms with Crippen LogP contribution in [0.25, 0.3) is 0 Å². The fourth-order valence-corrected chi connectivity index (χ4v) is 3.33. The molecule has 0 spiro atoms. The molecule has 1 aliphatic carbocycles. The van der Waals surface area contributed by atoms with Gasteiger partial charge in [0.25, 0.3) is 0 Å². The van der Waals surface area contributed by atoms with E-state index < -0.39 is 0 Å². The van der Waals surface area contributed by atoms with Crippen LogP contribution in [-0.4, -0.2) is 18.9 Å². The van der Waals surface area contributed by atoms with Gasteiger partial charge in [0.15, 0.2) is 5.78 Å². The summed E-state index contributed by atoms with van der Waals surface area (Å²) < 4.78 is 10.6. The molecule has 2 aliphatic rings. The average molecular weight is 300 g/mol. The van der Waals surface area contributed by atoms with Crippen molar-refractivity contribution in [3.63, 3.8) is 0 Å². The highest BCUT2D eigenvalue weighted by Gasteiger charge is 2.41. The van der Waals surface area contributed by atoms with Crippen LogP contribution in [0.4, 0.5) is 0 Å². The van der Waals surface area contributed by atoms with Gasteiger partial charge in [-0.25, -0.2) is 0 Å². The minimum Gasteiger partial charge on any atom is -0.497 e. The first-order valence-corrected chi connectivity index (χ1v) is 7.50. The SMILES string of the molecule is COc1ccc(C2CC(=O)OC3=C2C(=O)CC(C)(C)C3)cc1. The number of esters is 1. The fraction of sp³-hybridized carbons (Fsp3) is 0.444. The third kappa shape index (κ3) is 2.65. The fourth-order valence-electron chi connectivity index (χ4n) is 3.33. The average Bonchev–Trinajstić information content (AvgIpc) is 2.44. The molecule has 0 N–H and O–H groups in total. The van der Waals surface area contributed by atoms with Crippen LogP contribution in [0.2, 0.25) is 0 Å². The molecular weight excluding hydrogens is 280 g/mol. The lowest BCUT2D eigenvalue weighted by molar-refractivity contribution is -0.142. The van der Waals surface area contributed by atoms with Gasteiger partial charge in [-0.1, -0.05) is 26.0 Å². The predicted octanol–water partition coefficient (Wildman–Crippen LogP) is 3.37. The number of carbonyl (C=O) groups is 2. The van der Waals surface area contributed by atoms with Gasteiger partial charge in [-0.05, 0) is 23.1 Å². The van der Waals surface area contributed by atoms with E-state index in [0.29, 0.717) is 24.2 Å². The zero-order valence-electron chi connectivity index (χ0n) is 13.1. The highest BCUT2D eigenvalue weighted by Crippen LogP contribution is 2.45. The number of methoxy groups -OCH3 is 1. The number of Topliss-reactive ketones (excluding diaryl/α,β-unsaturated/α-hetero) is 1. The van der Waals surface area contributed by atoms with Crippen LogP contribution < -0.4 is 4.74 Å². The number of hydrogen-bond acceptors (Lipinski definition) is 4. The van der Waals surface area contributed by atoms with Crippen LogP contribution in [0.1, 0.15) is 44.6 Å². The minimum absolute atomic E-state index is 0.0968. The summed E-state index contributed by atoms with van der Waals surface area (Å²) in [7, 11) is 1.61. The molecule has 1 aliphatic heterocycles. The Bertz CT molecular complexity index is 652. The van der Waals surface area contributed by atoms with E-state index in [4.69, 9.17) is 9.47 Å². The molecule has 3 rings (SSSR count). The molecule has 4 nitrogen and oxygen atoms in total. The molecular formula is C18H20O4. The second kappa shape index (κ2) is 5.27. The number of rotatable bonds is 2. The zero-order chi connectivity index (χ0) is 15.9. The van der Waals surface area contributed by atoms with E-state index in [9.17, 15) is 9.59 Å². The largest absolute Gasteiger partial charge is 0.497 e. The maximum atomic E-state index is 12.6. The lowest BCUT2D eigenvalue weighted by Crippen LogP contribution is -2.33. The first-order chi connectivity index (χ1) is 10.4. The molecule has 0 fully saturated rings. The predicted molar refractivity (Wildman–Crippen MR) is 81.5 cm³/mol. The molecule has 1 atom stereocenters. The molecule has 1 aromatic rings. The number of ether oxygens (including phenoxy) is 2. The first-order valence-electron chi connectivity index (χ1n) is 7.50. The maximum Gasteiger partial charge on any atom is 0.311 e. The van der Waals surface area contributed by atoms with E-state index >= 15 is 0 Å². The molecule has 0 amide bonds. The standard InChI is InChI=1S/C18H20O4/c1-18(2)9-14(19)17-13(8-16(20)22-15(17)10-18)11-4-6-12(21-3)7-5-11/h4-7,13H,8-10H2,1-3H3. The van der Waals surface area contributed by atoms with Gasteiger partial charge < -0.3 is 9.47 Å². The van der Waals surface area contributed by atoms with E-state index in [0.717, 1.165) is 11.3 Å². The third-order valence-corrected chi connectivity index (χ3v) is 4.35. The van der Waals surface area contributed by atoms with Crippen LogP contribution in [0.5, 0.6) is 5.75 Å². The van der Waals surface area contributed by atoms with Gasteiger partial charge in [0.05, 0.1) is 13.5 Å². The van der Waals surface area contributed by atoms with Crippen LogP contribution in [0.15, 0.2) is 35.6 Å². The summed E-state index contributed by atoms with van der Waals surface area (Å²) in [4.78, 5) is 24.5. The minimum atomic E-state index is -0.259. The summed E-state index contributed by atoms with van der Waals surface area (Å²) >= 11 is 0. The topological polar surface area (TPSA) is 52.6 Å². The van der Waals surface area contributed by atoms with Gasteiger partial charge >= 0.3 is 5.97 Å². The lowest BCUT2D eigenvalue weighted by atomic mass is 9.71. The maximum absolute atomic E-state index is 12.6. The summed E-state index contributed by atoms with van der Waals surface area (Å²) in [5, 5.41) is 0. The van der Waals surface area contributed by atoms with Crippen molar-refractivity contribution in [1.29, 1.82) is 0 Å². The molecule has 1 heterocycles. The van der Waals surface area contributed by atoms with Crippen LogP contribution in [0.3, 0.4) is 0 Å². The van der Waals surface area contributed by atoms with Crippen LogP contribution in [-0.2, 0) is 14.3 Å². The second-order valence-electron chi connectivity index (χ2n) is 6.78. The summed E-state index contributed by atoms with van der Waals surface area (Å²) in [6.45, 7) is 4.05. The Balaban J connectivity index is 2.02. The van der Waals surface area contributed by atoms with Crippen molar-refractivity contribution in [3.8, 4) is 5.75 Å². The van der Waals surface area contributed by atoms with Gasteiger partial charge in [0, 0.05) is 24.3 Å². The summed E-state index contributed by atoms with van der Waals surface area (Å²) in [5.74, 6) is 0.959. The van der Waals surface area contributed by atoms with Crippen LogP contribution in [0, 0.1) is 5.41 Å². The zero-order valence-corrected chi connectivity index (χ0v) is 13.1. The van der Waals surface area contributed by atoms with Gasteiger partial charge in [0.1, 0.15) is 11.5 Å². The number of allylic oxidation sites excluding steroid dienone is 2. The molecule has 0 aromatic heterocycles. The molecule has 1 aromatic carbocycles. The molecule has 116 valence electrons. The molecule has 4 heteroatoms. The quantitative estimate of drug-likeness (QED) is 0.786. The highest BCUT2D eigenvalue weighted by atomic mass is 16.5. The van der Waals surface area contributed by atoms with Crippen molar-refractivity contribution >= 4 is 11.8 Å². The van der Waals surface area contributed by atoms with E-state index in [-0.39, 0.29) is 29.5 Å². The van der Waals surface area contributed by atoms with E-state index in [1.807, 2.05) is 38.1 Å². The van der Waals surface area contributed by atoms with E-state index in [1.54, 1.807) is 7.11 Å². The van der Waals surface area contributed by atoms with E-state index in [1.165, 1.54) is 0 Å². The Hall–Kier alpha value is -2.10. The Morgan fingerprint density at radius 1 is 1.14 bits per heavy atom. The van der Waals surface area contributed by atoms with Crippen molar-refractivity contribution < 1.29 is 19.1 Å². The van der Waals surface area contributed by atoms with Crippen LogP contribution >= 0.6 is 0 Å². The number of ketones is 1.